The number of carboxylic acid groups (broad SMARTS) is 1. The van der Waals surface area contributed by atoms with Crippen molar-refractivity contribution in [1.29, 1.82) is 0 Å². The van der Waals surface area contributed by atoms with Gasteiger partial charge in [-0.3, -0.25) is 0 Å². The van der Waals surface area contributed by atoms with Gasteiger partial charge in [0.25, 0.3) is 0 Å². The highest BCUT2D eigenvalue weighted by Crippen LogP contribution is 2.21. The van der Waals surface area contributed by atoms with Crippen molar-refractivity contribution < 1.29 is 19.8 Å². The molecule has 1 aromatic rings. The van der Waals surface area contributed by atoms with E-state index in [1.807, 2.05) is 12.1 Å². The number of hydrogen-bond donors (Lipinski definition) is 4. The van der Waals surface area contributed by atoms with Gasteiger partial charge < -0.3 is 20.8 Å². The van der Waals surface area contributed by atoms with E-state index in [1.165, 1.54) is 0 Å². The Balaban J connectivity index is 2.39. The minimum Gasteiger partial charge on any atom is -0.479 e. The summed E-state index contributed by atoms with van der Waals surface area (Å²) in [6.07, 6.45) is -1.53. The number of nitrogens with one attached hydrogen (secondary N) is 2. The van der Waals surface area contributed by atoms with E-state index >= 15 is 0 Å². The first kappa shape index (κ1) is 16.3. The molecule has 1 aromatic carbocycles. The second-order valence-corrected chi connectivity index (χ2v) is 4.69. The van der Waals surface area contributed by atoms with Crippen molar-refractivity contribution in [2.24, 2.45) is 0 Å². The van der Waals surface area contributed by atoms with Crippen molar-refractivity contribution >= 4 is 23.6 Å². The SMILES string of the molecule is CC(NC(=O)NCC[C@H](O)C(=O)O)c1ccccc1Cl. The Hall–Kier alpha value is -1.79. The number of carbonyl (C=O) groups is 2. The summed E-state index contributed by atoms with van der Waals surface area (Å²) in [7, 11) is 0. The molecule has 110 valence electrons. The Morgan fingerprint density at radius 1 is 1.35 bits per heavy atom. The minimum absolute atomic E-state index is 0.0524. The van der Waals surface area contributed by atoms with Gasteiger partial charge in [0.15, 0.2) is 6.10 Å². The lowest BCUT2D eigenvalue weighted by Crippen LogP contribution is -2.39. The van der Waals surface area contributed by atoms with Crippen LogP contribution in [0.4, 0.5) is 4.79 Å². The molecule has 7 heteroatoms. The Morgan fingerprint density at radius 2 is 2.00 bits per heavy atom. The Bertz CT molecular complexity index is 481. The molecule has 0 saturated carbocycles. The van der Waals surface area contributed by atoms with Crippen molar-refractivity contribution in [3.63, 3.8) is 0 Å². The zero-order valence-corrected chi connectivity index (χ0v) is 11.7. The average molecular weight is 301 g/mol. The lowest BCUT2D eigenvalue weighted by Gasteiger charge is -2.16. The number of amides is 2. The molecule has 1 unspecified atom stereocenters. The van der Waals surface area contributed by atoms with E-state index in [0.717, 1.165) is 5.56 Å². The van der Waals surface area contributed by atoms with Crippen LogP contribution in [0.15, 0.2) is 24.3 Å². The molecule has 1 rings (SSSR count). The maximum absolute atomic E-state index is 11.6. The second-order valence-electron chi connectivity index (χ2n) is 4.29. The van der Waals surface area contributed by atoms with E-state index < -0.39 is 18.1 Å². The summed E-state index contributed by atoms with van der Waals surface area (Å²) < 4.78 is 0. The van der Waals surface area contributed by atoms with Crippen LogP contribution in [0.25, 0.3) is 0 Å². The summed E-state index contributed by atoms with van der Waals surface area (Å²) in [5.74, 6) is -1.31. The summed E-state index contributed by atoms with van der Waals surface area (Å²) in [6.45, 7) is 1.85. The second kappa shape index (κ2) is 7.72. The molecule has 0 radical (unpaired) electrons. The highest BCUT2D eigenvalue weighted by Gasteiger charge is 2.14. The molecule has 0 aliphatic heterocycles. The number of aliphatic hydroxyl groups excluding tert-OH is 1. The van der Waals surface area contributed by atoms with Crippen molar-refractivity contribution in [2.45, 2.75) is 25.5 Å². The maximum atomic E-state index is 11.6. The zero-order valence-electron chi connectivity index (χ0n) is 11.0. The monoisotopic (exact) mass is 300 g/mol. The van der Waals surface area contributed by atoms with Gasteiger partial charge >= 0.3 is 12.0 Å². The lowest BCUT2D eigenvalue weighted by atomic mass is 10.1. The van der Waals surface area contributed by atoms with Crippen LogP contribution in [0.3, 0.4) is 0 Å². The number of rotatable bonds is 6. The molecule has 0 aromatic heterocycles. The topological polar surface area (TPSA) is 98.7 Å². The van der Waals surface area contributed by atoms with E-state index in [9.17, 15) is 9.59 Å². The molecule has 0 saturated heterocycles. The summed E-state index contributed by atoms with van der Waals surface area (Å²) in [5.41, 5.74) is 0.787. The summed E-state index contributed by atoms with van der Waals surface area (Å²) in [4.78, 5) is 22.0. The molecule has 20 heavy (non-hydrogen) atoms. The molecule has 4 N–H and O–H groups in total. The molecular weight excluding hydrogens is 284 g/mol. The number of urea groups is 1. The molecule has 2 amide bonds. The summed E-state index contributed by atoms with van der Waals surface area (Å²) >= 11 is 6.01. The smallest absolute Gasteiger partial charge is 0.332 e. The van der Waals surface area contributed by atoms with Gasteiger partial charge in [-0.1, -0.05) is 29.8 Å². The van der Waals surface area contributed by atoms with Gasteiger partial charge in [0.1, 0.15) is 0 Å². The van der Waals surface area contributed by atoms with Crippen molar-refractivity contribution in [1.82, 2.24) is 10.6 Å². The first-order valence-corrected chi connectivity index (χ1v) is 6.49. The fourth-order valence-electron chi connectivity index (χ4n) is 1.60. The number of carbonyl (C=O) groups excluding carboxylic acids is 1. The van der Waals surface area contributed by atoms with Crippen LogP contribution in [0, 0.1) is 0 Å². The number of carboxylic acids is 1. The van der Waals surface area contributed by atoms with Crippen LogP contribution in [0.1, 0.15) is 24.9 Å². The predicted octanol–water partition coefficient (Wildman–Crippen LogP) is 1.54. The fourth-order valence-corrected chi connectivity index (χ4v) is 1.90. The summed E-state index contributed by atoms with van der Waals surface area (Å²) in [5, 5.41) is 23.2. The minimum atomic E-state index is -1.48. The molecule has 0 fully saturated rings. The van der Waals surface area contributed by atoms with Crippen molar-refractivity contribution in [3.8, 4) is 0 Å². The van der Waals surface area contributed by atoms with Crippen molar-refractivity contribution in [2.75, 3.05) is 6.54 Å². The first-order chi connectivity index (χ1) is 9.41. The van der Waals surface area contributed by atoms with Gasteiger partial charge in [-0.05, 0) is 18.6 Å². The van der Waals surface area contributed by atoms with Crippen LogP contribution in [-0.2, 0) is 4.79 Å². The normalized spacial score (nSPS) is 13.3. The van der Waals surface area contributed by atoms with E-state index in [1.54, 1.807) is 19.1 Å². The molecule has 0 aliphatic carbocycles. The fraction of sp³-hybridized carbons (Fsp3) is 0.385. The van der Waals surface area contributed by atoms with Crippen LogP contribution in [-0.4, -0.2) is 34.9 Å². The molecule has 0 spiro atoms. The molecule has 0 aliphatic rings. The Labute approximate surface area is 121 Å². The maximum Gasteiger partial charge on any atom is 0.332 e. The largest absolute Gasteiger partial charge is 0.479 e. The standard InChI is InChI=1S/C13H17ClN2O4/c1-8(9-4-2-3-5-10(9)14)16-13(20)15-7-6-11(17)12(18)19/h2-5,8,11,17H,6-7H2,1H3,(H,18,19)(H2,15,16,20)/t8?,11-/m0/s1. The molecule has 0 bridgehead atoms. The first-order valence-electron chi connectivity index (χ1n) is 6.11. The van der Waals surface area contributed by atoms with Crippen LogP contribution >= 0.6 is 11.6 Å². The third-order valence-electron chi connectivity index (χ3n) is 2.71. The highest BCUT2D eigenvalue weighted by atomic mass is 35.5. The third-order valence-corrected chi connectivity index (χ3v) is 3.05. The molecular formula is C13H17ClN2O4. The van der Waals surface area contributed by atoms with Crippen molar-refractivity contribution in [3.05, 3.63) is 34.9 Å². The predicted molar refractivity (Wildman–Crippen MR) is 74.7 cm³/mol. The van der Waals surface area contributed by atoms with Gasteiger partial charge in [0, 0.05) is 18.0 Å². The number of hydrogen-bond acceptors (Lipinski definition) is 3. The zero-order chi connectivity index (χ0) is 15.1. The highest BCUT2D eigenvalue weighted by molar-refractivity contribution is 6.31. The van der Waals surface area contributed by atoms with Gasteiger partial charge in [-0.25, -0.2) is 9.59 Å². The number of benzene rings is 1. The third kappa shape index (κ3) is 5.07. The van der Waals surface area contributed by atoms with Gasteiger partial charge in [0.2, 0.25) is 0 Å². The van der Waals surface area contributed by atoms with Crippen LogP contribution in [0.5, 0.6) is 0 Å². The van der Waals surface area contributed by atoms with Gasteiger partial charge in [0.05, 0.1) is 6.04 Å². The molecule has 6 nitrogen and oxygen atoms in total. The average Bonchev–Trinajstić information content (AvgIpc) is 2.38. The quantitative estimate of drug-likeness (QED) is 0.640. The van der Waals surface area contributed by atoms with E-state index in [2.05, 4.69) is 10.6 Å². The van der Waals surface area contributed by atoms with Crippen LogP contribution < -0.4 is 10.6 Å². The Kier molecular flexibility index (Phi) is 6.27. The molecule has 0 heterocycles. The Morgan fingerprint density at radius 3 is 2.60 bits per heavy atom. The lowest BCUT2D eigenvalue weighted by molar-refractivity contribution is -0.146. The van der Waals surface area contributed by atoms with Crippen LogP contribution in [0.2, 0.25) is 5.02 Å². The number of aliphatic carboxylic acids is 1. The summed E-state index contributed by atoms with van der Waals surface area (Å²) in [6, 6.07) is 6.42. The van der Waals surface area contributed by atoms with E-state index in [0.29, 0.717) is 5.02 Å². The molecule has 2 atom stereocenters. The number of halogens is 1. The van der Waals surface area contributed by atoms with E-state index in [-0.39, 0.29) is 19.0 Å². The van der Waals surface area contributed by atoms with Gasteiger partial charge in [-0.15, -0.1) is 0 Å². The van der Waals surface area contributed by atoms with E-state index in [4.69, 9.17) is 21.8 Å². The van der Waals surface area contributed by atoms with Gasteiger partial charge in [-0.2, -0.15) is 0 Å². The number of aliphatic hydroxyl groups is 1.